The van der Waals surface area contributed by atoms with Crippen molar-refractivity contribution < 1.29 is 19.0 Å². The van der Waals surface area contributed by atoms with E-state index in [9.17, 15) is 9.18 Å². The average molecular weight is 269 g/mol. The van der Waals surface area contributed by atoms with Gasteiger partial charge >= 0.3 is 0 Å². The number of amides is 1. The molecular formula is C14H20FNO3. The fourth-order valence-corrected chi connectivity index (χ4v) is 1.51. The molecule has 5 heteroatoms. The van der Waals surface area contributed by atoms with E-state index in [1.807, 2.05) is 0 Å². The maximum absolute atomic E-state index is 12.6. The van der Waals surface area contributed by atoms with Crippen LogP contribution in [0.5, 0.6) is 5.75 Å². The Morgan fingerprint density at radius 2 is 2.11 bits per heavy atom. The maximum Gasteiger partial charge on any atom is 0.223 e. The highest BCUT2D eigenvalue weighted by Gasteiger charge is 2.02. The molecule has 0 aliphatic rings. The molecule has 2 N–H and O–H groups in total. The SMILES string of the molecule is CC(O)CCCNC(=O)CCOc1ccc(F)cc1. The number of hydrogen-bond donors (Lipinski definition) is 2. The van der Waals surface area contributed by atoms with Gasteiger partial charge in [0.1, 0.15) is 11.6 Å². The van der Waals surface area contributed by atoms with Gasteiger partial charge in [0.25, 0.3) is 0 Å². The summed E-state index contributed by atoms with van der Waals surface area (Å²) in [7, 11) is 0. The van der Waals surface area contributed by atoms with E-state index in [1.165, 1.54) is 24.3 Å². The van der Waals surface area contributed by atoms with Crippen molar-refractivity contribution in [1.82, 2.24) is 5.32 Å². The molecule has 106 valence electrons. The van der Waals surface area contributed by atoms with Gasteiger partial charge in [-0.2, -0.15) is 0 Å². The van der Waals surface area contributed by atoms with E-state index in [2.05, 4.69) is 5.32 Å². The smallest absolute Gasteiger partial charge is 0.223 e. The summed E-state index contributed by atoms with van der Waals surface area (Å²) in [5, 5.41) is 11.8. The Labute approximate surface area is 112 Å². The fourth-order valence-electron chi connectivity index (χ4n) is 1.51. The van der Waals surface area contributed by atoms with Gasteiger partial charge in [-0.1, -0.05) is 0 Å². The third kappa shape index (κ3) is 7.41. The van der Waals surface area contributed by atoms with Gasteiger partial charge in [-0.05, 0) is 44.0 Å². The number of aliphatic hydroxyl groups excluding tert-OH is 1. The Hall–Kier alpha value is -1.62. The summed E-state index contributed by atoms with van der Waals surface area (Å²) in [6, 6.07) is 5.67. The van der Waals surface area contributed by atoms with Crippen LogP contribution < -0.4 is 10.1 Å². The van der Waals surface area contributed by atoms with E-state index >= 15 is 0 Å². The van der Waals surface area contributed by atoms with Gasteiger partial charge in [-0.15, -0.1) is 0 Å². The van der Waals surface area contributed by atoms with Crippen molar-refractivity contribution in [2.75, 3.05) is 13.2 Å². The quantitative estimate of drug-likeness (QED) is 0.708. The average Bonchev–Trinajstić information content (AvgIpc) is 2.37. The third-order valence-corrected chi connectivity index (χ3v) is 2.53. The summed E-state index contributed by atoms with van der Waals surface area (Å²) >= 11 is 0. The highest BCUT2D eigenvalue weighted by atomic mass is 19.1. The molecule has 0 fully saturated rings. The summed E-state index contributed by atoms with van der Waals surface area (Å²) < 4.78 is 17.9. The second-order valence-electron chi connectivity index (χ2n) is 4.39. The lowest BCUT2D eigenvalue weighted by molar-refractivity contribution is -0.121. The molecule has 0 aromatic heterocycles. The minimum Gasteiger partial charge on any atom is -0.493 e. The van der Waals surface area contributed by atoms with Crippen molar-refractivity contribution >= 4 is 5.91 Å². The Morgan fingerprint density at radius 1 is 1.42 bits per heavy atom. The summed E-state index contributed by atoms with van der Waals surface area (Å²) in [6.45, 7) is 2.53. The Morgan fingerprint density at radius 3 is 2.74 bits per heavy atom. The summed E-state index contributed by atoms with van der Waals surface area (Å²) in [5.74, 6) is 0.138. The number of nitrogens with one attached hydrogen (secondary N) is 1. The molecule has 1 atom stereocenters. The van der Waals surface area contributed by atoms with E-state index < -0.39 is 0 Å². The molecule has 0 spiro atoms. The molecule has 0 saturated carbocycles. The molecule has 1 aromatic carbocycles. The van der Waals surface area contributed by atoms with Crippen LogP contribution in [0.25, 0.3) is 0 Å². The lowest BCUT2D eigenvalue weighted by Crippen LogP contribution is -2.26. The second-order valence-corrected chi connectivity index (χ2v) is 4.39. The first-order valence-electron chi connectivity index (χ1n) is 6.41. The minimum atomic E-state index is -0.335. The molecule has 0 radical (unpaired) electrons. The number of rotatable bonds is 8. The molecular weight excluding hydrogens is 249 g/mol. The van der Waals surface area contributed by atoms with E-state index in [1.54, 1.807) is 6.92 Å². The van der Waals surface area contributed by atoms with Gasteiger partial charge in [-0.25, -0.2) is 4.39 Å². The number of hydrogen-bond acceptors (Lipinski definition) is 3. The predicted molar refractivity (Wildman–Crippen MR) is 70.4 cm³/mol. The molecule has 0 bridgehead atoms. The van der Waals surface area contributed by atoms with Crippen molar-refractivity contribution in [3.8, 4) is 5.75 Å². The normalized spacial score (nSPS) is 11.9. The molecule has 0 aliphatic heterocycles. The highest BCUT2D eigenvalue weighted by molar-refractivity contribution is 5.75. The van der Waals surface area contributed by atoms with Gasteiger partial charge in [0, 0.05) is 6.54 Å². The third-order valence-electron chi connectivity index (χ3n) is 2.53. The number of carbonyl (C=O) groups is 1. The molecule has 0 heterocycles. The first-order valence-corrected chi connectivity index (χ1v) is 6.41. The molecule has 1 aromatic rings. The molecule has 4 nitrogen and oxygen atoms in total. The molecule has 1 amide bonds. The van der Waals surface area contributed by atoms with Crippen LogP contribution in [0, 0.1) is 5.82 Å². The van der Waals surface area contributed by atoms with E-state index in [0.717, 1.165) is 6.42 Å². The van der Waals surface area contributed by atoms with Crippen LogP contribution in [0.2, 0.25) is 0 Å². The Bertz CT molecular complexity index is 379. The van der Waals surface area contributed by atoms with Crippen molar-refractivity contribution in [1.29, 1.82) is 0 Å². The van der Waals surface area contributed by atoms with Crippen molar-refractivity contribution in [2.45, 2.75) is 32.3 Å². The van der Waals surface area contributed by atoms with Gasteiger partial charge in [0.2, 0.25) is 5.91 Å². The predicted octanol–water partition coefficient (Wildman–Crippen LogP) is 1.87. The second kappa shape index (κ2) is 8.48. The standard InChI is InChI=1S/C14H20FNO3/c1-11(17)3-2-9-16-14(18)8-10-19-13-6-4-12(15)5-7-13/h4-7,11,17H,2-3,8-10H2,1H3,(H,16,18). The van der Waals surface area contributed by atoms with Crippen molar-refractivity contribution in [2.24, 2.45) is 0 Å². The van der Waals surface area contributed by atoms with E-state index in [4.69, 9.17) is 9.84 Å². The molecule has 0 saturated heterocycles. The van der Waals surface area contributed by atoms with Crippen LogP contribution in [0.1, 0.15) is 26.2 Å². The maximum atomic E-state index is 12.6. The first kappa shape index (κ1) is 15.4. The van der Waals surface area contributed by atoms with Gasteiger partial charge in [0.05, 0.1) is 19.1 Å². The molecule has 0 aliphatic carbocycles. The zero-order valence-electron chi connectivity index (χ0n) is 11.1. The summed E-state index contributed by atoms with van der Waals surface area (Å²) in [6.07, 6.45) is 1.35. The lowest BCUT2D eigenvalue weighted by Gasteiger charge is -2.08. The summed E-state index contributed by atoms with van der Waals surface area (Å²) in [4.78, 5) is 11.4. The molecule has 1 unspecified atom stereocenters. The van der Waals surface area contributed by atoms with E-state index in [-0.39, 0.29) is 30.9 Å². The van der Waals surface area contributed by atoms with Gasteiger partial charge in [-0.3, -0.25) is 4.79 Å². The summed E-state index contributed by atoms with van der Waals surface area (Å²) in [5.41, 5.74) is 0. The number of carbonyl (C=O) groups excluding carboxylic acids is 1. The topological polar surface area (TPSA) is 58.6 Å². The zero-order valence-corrected chi connectivity index (χ0v) is 11.1. The van der Waals surface area contributed by atoms with Gasteiger partial charge in [0.15, 0.2) is 0 Å². The largest absolute Gasteiger partial charge is 0.493 e. The Balaban J connectivity index is 2.08. The fraction of sp³-hybridized carbons (Fsp3) is 0.500. The first-order chi connectivity index (χ1) is 9.08. The lowest BCUT2D eigenvalue weighted by atomic mass is 10.2. The van der Waals surface area contributed by atoms with E-state index in [0.29, 0.717) is 18.7 Å². The highest BCUT2D eigenvalue weighted by Crippen LogP contribution is 2.10. The number of ether oxygens (including phenoxy) is 1. The van der Waals surface area contributed by atoms with Crippen molar-refractivity contribution in [3.05, 3.63) is 30.1 Å². The monoisotopic (exact) mass is 269 g/mol. The van der Waals surface area contributed by atoms with Crippen molar-refractivity contribution in [3.63, 3.8) is 0 Å². The van der Waals surface area contributed by atoms with Crippen LogP contribution in [-0.2, 0) is 4.79 Å². The number of aliphatic hydroxyl groups is 1. The van der Waals surface area contributed by atoms with Crippen LogP contribution in [0.4, 0.5) is 4.39 Å². The van der Waals surface area contributed by atoms with Crippen LogP contribution in [-0.4, -0.2) is 30.3 Å². The van der Waals surface area contributed by atoms with Gasteiger partial charge < -0.3 is 15.2 Å². The molecule has 19 heavy (non-hydrogen) atoms. The number of benzene rings is 1. The minimum absolute atomic E-state index is 0.0901. The molecule has 1 rings (SSSR count). The number of halogens is 1. The van der Waals surface area contributed by atoms with Crippen LogP contribution in [0.3, 0.4) is 0 Å². The van der Waals surface area contributed by atoms with Crippen LogP contribution >= 0.6 is 0 Å². The Kier molecular flexibility index (Phi) is 6.89. The zero-order chi connectivity index (χ0) is 14.1. The van der Waals surface area contributed by atoms with Crippen LogP contribution in [0.15, 0.2) is 24.3 Å².